The maximum Gasteiger partial charge on any atom is 0.320 e. The Morgan fingerprint density at radius 2 is 1.95 bits per heavy atom. The van der Waals surface area contributed by atoms with Crippen molar-refractivity contribution in [2.24, 2.45) is 11.7 Å². The minimum Gasteiger partial charge on any atom is -0.330 e. The highest BCUT2D eigenvalue weighted by atomic mass is 16.2. The van der Waals surface area contributed by atoms with Crippen LogP contribution >= 0.6 is 0 Å². The summed E-state index contributed by atoms with van der Waals surface area (Å²) >= 11 is 0. The Labute approximate surface area is 115 Å². The summed E-state index contributed by atoms with van der Waals surface area (Å²) in [6.45, 7) is 5.07. The van der Waals surface area contributed by atoms with Crippen molar-refractivity contribution in [3.63, 3.8) is 0 Å². The largest absolute Gasteiger partial charge is 0.330 e. The van der Waals surface area contributed by atoms with Gasteiger partial charge in [-0.3, -0.25) is 0 Å². The van der Waals surface area contributed by atoms with Crippen LogP contribution in [-0.4, -0.2) is 42.5 Å². The smallest absolute Gasteiger partial charge is 0.320 e. The predicted molar refractivity (Wildman–Crippen MR) is 76.8 cm³/mol. The quantitative estimate of drug-likeness (QED) is 0.899. The number of benzene rings is 1. The fraction of sp³-hybridized carbons (Fsp3) is 0.533. The van der Waals surface area contributed by atoms with Gasteiger partial charge in [-0.2, -0.15) is 0 Å². The molecule has 1 heterocycles. The van der Waals surface area contributed by atoms with Crippen LogP contribution in [0.15, 0.2) is 24.3 Å². The van der Waals surface area contributed by atoms with E-state index in [0.717, 1.165) is 19.5 Å². The van der Waals surface area contributed by atoms with Crippen LogP contribution in [0.5, 0.6) is 0 Å². The summed E-state index contributed by atoms with van der Waals surface area (Å²) in [6, 6.07) is 8.48. The van der Waals surface area contributed by atoms with Crippen molar-refractivity contribution in [1.82, 2.24) is 9.80 Å². The Kier molecular flexibility index (Phi) is 4.43. The lowest BCUT2D eigenvalue weighted by atomic mass is 10.0. The van der Waals surface area contributed by atoms with Crippen molar-refractivity contribution >= 4 is 6.03 Å². The van der Waals surface area contributed by atoms with E-state index in [-0.39, 0.29) is 6.03 Å². The van der Waals surface area contributed by atoms with E-state index < -0.39 is 0 Å². The van der Waals surface area contributed by atoms with E-state index >= 15 is 0 Å². The molecule has 1 fully saturated rings. The molecule has 2 amide bonds. The van der Waals surface area contributed by atoms with Crippen molar-refractivity contribution in [1.29, 1.82) is 0 Å². The zero-order chi connectivity index (χ0) is 13.8. The molecule has 2 N–H and O–H groups in total. The molecule has 1 aromatic carbocycles. The molecule has 0 radical (unpaired) electrons. The molecule has 0 saturated carbocycles. The van der Waals surface area contributed by atoms with Crippen molar-refractivity contribution in [2.75, 3.05) is 26.7 Å². The molecule has 2 rings (SSSR count). The summed E-state index contributed by atoms with van der Waals surface area (Å²) in [7, 11) is 1.87. The molecular weight excluding hydrogens is 238 g/mol. The molecule has 0 aliphatic carbocycles. The van der Waals surface area contributed by atoms with E-state index in [9.17, 15) is 4.79 Å². The lowest BCUT2D eigenvalue weighted by Crippen LogP contribution is -2.51. The van der Waals surface area contributed by atoms with Gasteiger partial charge in [0, 0.05) is 26.7 Å². The molecule has 0 spiro atoms. The highest BCUT2D eigenvalue weighted by Crippen LogP contribution is 2.18. The van der Waals surface area contributed by atoms with Crippen molar-refractivity contribution in [3.8, 4) is 0 Å². The predicted octanol–water partition coefficient (Wildman–Crippen LogP) is 1.83. The summed E-state index contributed by atoms with van der Waals surface area (Å²) in [6.07, 6.45) is 0.974. The molecule has 4 heteroatoms. The monoisotopic (exact) mass is 261 g/mol. The van der Waals surface area contributed by atoms with Crippen LogP contribution in [0.25, 0.3) is 0 Å². The number of carbonyl (C=O) groups excluding carboxylic acids is 1. The molecule has 1 unspecified atom stereocenters. The number of urea groups is 1. The van der Waals surface area contributed by atoms with Gasteiger partial charge < -0.3 is 15.5 Å². The van der Waals surface area contributed by atoms with E-state index in [1.165, 1.54) is 11.1 Å². The number of hydrogen-bond donors (Lipinski definition) is 1. The highest BCUT2D eigenvalue weighted by Gasteiger charge is 2.28. The first-order valence-corrected chi connectivity index (χ1v) is 6.86. The number of amides is 2. The average Bonchev–Trinajstić information content (AvgIpc) is 2.38. The van der Waals surface area contributed by atoms with Crippen LogP contribution < -0.4 is 5.73 Å². The molecule has 4 nitrogen and oxygen atoms in total. The third kappa shape index (κ3) is 3.47. The maximum atomic E-state index is 12.2. The van der Waals surface area contributed by atoms with Crippen LogP contribution in [0.3, 0.4) is 0 Å². The molecule has 0 aromatic heterocycles. The van der Waals surface area contributed by atoms with Gasteiger partial charge in [0.05, 0.1) is 0 Å². The van der Waals surface area contributed by atoms with Crippen LogP contribution in [0.4, 0.5) is 4.79 Å². The van der Waals surface area contributed by atoms with Gasteiger partial charge in [-0.15, -0.1) is 0 Å². The van der Waals surface area contributed by atoms with Crippen molar-refractivity contribution in [3.05, 3.63) is 35.4 Å². The molecule has 19 heavy (non-hydrogen) atoms. The summed E-state index contributed by atoms with van der Waals surface area (Å²) < 4.78 is 0. The summed E-state index contributed by atoms with van der Waals surface area (Å²) in [5.74, 6) is 0.484. The van der Waals surface area contributed by atoms with Gasteiger partial charge in [0.2, 0.25) is 0 Å². The fourth-order valence-corrected chi connectivity index (χ4v) is 2.62. The van der Waals surface area contributed by atoms with Gasteiger partial charge in [0.25, 0.3) is 0 Å². The Hall–Kier alpha value is -1.55. The standard InChI is InChI=1S/C15H23N3O/c1-12-3-5-13(6-4-12)10-18-11-14(7-8-16)9-17(2)15(18)19/h3-6,14H,7-11,16H2,1-2H3. The van der Waals surface area contributed by atoms with Crippen molar-refractivity contribution in [2.45, 2.75) is 19.9 Å². The summed E-state index contributed by atoms with van der Waals surface area (Å²) in [5, 5.41) is 0. The van der Waals surface area contributed by atoms with Crippen LogP contribution in [0.1, 0.15) is 17.5 Å². The topological polar surface area (TPSA) is 49.6 Å². The molecule has 1 aliphatic heterocycles. The number of aryl methyl sites for hydroxylation is 1. The van der Waals surface area contributed by atoms with E-state index in [1.807, 2.05) is 11.9 Å². The third-order valence-electron chi connectivity index (χ3n) is 3.68. The minimum absolute atomic E-state index is 0.119. The lowest BCUT2D eigenvalue weighted by Gasteiger charge is -2.38. The van der Waals surface area contributed by atoms with Gasteiger partial charge in [0.15, 0.2) is 0 Å². The maximum absolute atomic E-state index is 12.2. The molecule has 1 atom stereocenters. The molecule has 104 valence electrons. The van der Waals surface area contributed by atoms with Crippen LogP contribution in [0, 0.1) is 12.8 Å². The first kappa shape index (κ1) is 13.9. The second-order valence-electron chi connectivity index (χ2n) is 5.47. The van der Waals surface area contributed by atoms with Gasteiger partial charge in [-0.05, 0) is 31.4 Å². The number of hydrogen-bond acceptors (Lipinski definition) is 2. The molecule has 1 aliphatic rings. The highest BCUT2D eigenvalue weighted by molar-refractivity contribution is 5.75. The molecule has 0 bridgehead atoms. The normalized spacial score (nSPS) is 19.9. The number of nitrogens with two attached hydrogens (primary N) is 1. The number of nitrogens with zero attached hydrogens (tertiary/aromatic N) is 2. The Morgan fingerprint density at radius 1 is 1.26 bits per heavy atom. The van der Waals surface area contributed by atoms with Crippen LogP contribution in [-0.2, 0) is 6.54 Å². The summed E-state index contributed by atoms with van der Waals surface area (Å²) in [4.78, 5) is 15.9. The second kappa shape index (κ2) is 6.06. The van der Waals surface area contributed by atoms with Gasteiger partial charge in [0.1, 0.15) is 0 Å². The third-order valence-corrected chi connectivity index (χ3v) is 3.68. The van der Waals surface area contributed by atoms with E-state index in [0.29, 0.717) is 19.0 Å². The van der Waals surface area contributed by atoms with E-state index in [2.05, 4.69) is 31.2 Å². The van der Waals surface area contributed by atoms with Crippen LogP contribution in [0.2, 0.25) is 0 Å². The zero-order valence-electron chi connectivity index (χ0n) is 11.8. The lowest BCUT2D eigenvalue weighted by molar-refractivity contribution is 0.110. The zero-order valence-corrected chi connectivity index (χ0v) is 11.8. The van der Waals surface area contributed by atoms with Gasteiger partial charge in [-0.1, -0.05) is 29.8 Å². The number of carbonyl (C=O) groups is 1. The molecule has 1 aromatic rings. The SMILES string of the molecule is Cc1ccc(CN2CC(CCN)CN(C)C2=O)cc1. The van der Waals surface area contributed by atoms with E-state index in [1.54, 1.807) is 4.90 Å². The fourth-order valence-electron chi connectivity index (χ4n) is 2.62. The molecule has 1 saturated heterocycles. The minimum atomic E-state index is 0.119. The Balaban J connectivity index is 2.04. The van der Waals surface area contributed by atoms with Crippen molar-refractivity contribution < 1.29 is 4.79 Å². The Morgan fingerprint density at radius 3 is 2.58 bits per heavy atom. The summed E-state index contributed by atoms with van der Waals surface area (Å²) in [5.41, 5.74) is 8.06. The number of rotatable bonds is 4. The first-order chi connectivity index (χ1) is 9.10. The van der Waals surface area contributed by atoms with Gasteiger partial charge >= 0.3 is 6.03 Å². The average molecular weight is 261 g/mol. The Bertz CT molecular complexity index is 430. The van der Waals surface area contributed by atoms with E-state index in [4.69, 9.17) is 5.73 Å². The molecular formula is C15H23N3O. The second-order valence-corrected chi connectivity index (χ2v) is 5.47. The van der Waals surface area contributed by atoms with Gasteiger partial charge in [-0.25, -0.2) is 4.79 Å². The first-order valence-electron chi connectivity index (χ1n) is 6.86.